The molecule has 0 saturated heterocycles. The van der Waals surface area contributed by atoms with Crippen molar-refractivity contribution in [2.75, 3.05) is 13.7 Å². The number of allylic oxidation sites excluding steroid dienone is 1. The summed E-state index contributed by atoms with van der Waals surface area (Å²) in [4.78, 5) is 11.8. The fourth-order valence-electron chi connectivity index (χ4n) is 8.80. The van der Waals surface area contributed by atoms with Crippen LogP contribution in [0.2, 0.25) is 0 Å². The summed E-state index contributed by atoms with van der Waals surface area (Å²) in [6, 6.07) is 0. The van der Waals surface area contributed by atoms with E-state index in [1.165, 1.54) is 44.6 Å². The molecule has 33 heavy (non-hydrogen) atoms. The van der Waals surface area contributed by atoms with Crippen molar-refractivity contribution < 1.29 is 24.1 Å². The van der Waals surface area contributed by atoms with Gasteiger partial charge in [0.25, 0.3) is 0 Å². The van der Waals surface area contributed by atoms with E-state index in [-0.39, 0.29) is 34.8 Å². The zero-order valence-electron chi connectivity index (χ0n) is 20.9. The summed E-state index contributed by atoms with van der Waals surface area (Å²) in [6.45, 7) is 4.49. The van der Waals surface area contributed by atoms with E-state index in [1.807, 2.05) is 7.11 Å². The molecule has 7 atom stereocenters. The van der Waals surface area contributed by atoms with Gasteiger partial charge in [0.05, 0.1) is 12.2 Å². The van der Waals surface area contributed by atoms with Gasteiger partial charge in [0.2, 0.25) is 0 Å². The highest BCUT2D eigenvalue weighted by molar-refractivity contribution is 5.66. The van der Waals surface area contributed by atoms with E-state index in [2.05, 4.69) is 13.0 Å². The van der Waals surface area contributed by atoms with Crippen LogP contribution in [-0.4, -0.2) is 42.8 Å². The monoisotopic (exact) mass is 460 g/mol. The van der Waals surface area contributed by atoms with E-state index in [0.717, 1.165) is 51.4 Å². The number of rotatable bonds is 5. The highest BCUT2D eigenvalue weighted by Crippen LogP contribution is 2.66. The van der Waals surface area contributed by atoms with Gasteiger partial charge in [-0.05, 0) is 87.4 Å². The van der Waals surface area contributed by atoms with Crippen LogP contribution in [0.25, 0.3) is 0 Å². The number of hydrogen-bond donors (Lipinski definition) is 1. The Kier molecular flexibility index (Phi) is 6.46. The summed E-state index contributed by atoms with van der Waals surface area (Å²) >= 11 is 0. The van der Waals surface area contributed by atoms with Crippen LogP contribution in [0.4, 0.5) is 0 Å². The molecule has 0 spiro atoms. The molecule has 0 aromatic heterocycles. The maximum atomic E-state index is 11.8. The maximum Gasteiger partial charge on any atom is 0.302 e. The average Bonchev–Trinajstić information content (AvgIpc) is 3.14. The van der Waals surface area contributed by atoms with Gasteiger partial charge in [0.1, 0.15) is 6.61 Å². The lowest BCUT2D eigenvalue weighted by molar-refractivity contribution is -0.279. The molecule has 5 aliphatic rings. The molecule has 5 nitrogen and oxygen atoms in total. The van der Waals surface area contributed by atoms with E-state index in [9.17, 15) is 9.90 Å². The quantitative estimate of drug-likeness (QED) is 0.331. The molecule has 0 bridgehead atoms. The summed E-state index contributed by atoms with van der Waals surface area (Å²) in [5.74, 6) is 1.21. The van der Waals surface area contributed by atoms with Crippen LogP contribution in [0.15, 0.2) is 11.6 Å². The Balaban J connectivity index is 1.39. The third kappa shape index (κ3) is 4.00. The number of ether oxygens (including phenoxy) is 3. The number of hydrogen-bond acceptors (Lipinski definition) is 5. The Bertz CT molecular complexity index is 770. The first-order valence-electron chi connectivity index (χ1n) is 13.6. The lowest BCUT2D eigenvalue weighted by Crippen LogP contribution is -2.55. The van der Waals surface area contributed by atoms with Crippen molar-refractivity contribution in [3.63, 3.8) is 0 Å². The average molecular weight is 461 g/mol. The van der Waals surface area contributed by atoms with Gasteiger partial charge in [-0.2, -0.15) is 0 Å². The van der Waals surface area contributed by atoms with Gasteiger partial charge in [-0.1, -0.05) is 25.0 Å². The van der Waals surface area contributed by atoms with Crippen LogP contribution in [0.1, 0.15) is 97.3 Å². The number of aliphatic hydroxyl groups excluding tert-OH is 1. The Morgan fingerprint density at radius 1 is 1.06 bits per heavy atom. The van der Waals surface area contributed by atoms with E-state index >= 15 is 0 Å². The van der Waals surface area contributed by atoms with Gasteiger partial charge in [0.15, 0.2) is 5.79 Å². The molecule has 5 heteroatoms. The fourth-order valence-corrected chi connectivity index (χ4v) is 8.80. The lowest BCUT2D eigenvalue weighted by Gasteiger charge is -2.58. The van der Waals surface area contributed by atoms with Crippen molar-refractivity contribution in [3.05, 3.63) is 11.6 Å². The van der Waals surface area contributed by atoms with E-state index in [0.29, 0.717) is 24.4 Å². The second-order valence-corrected chi connectivity index (χ2v) is 12.1. The smallest absolute Gasteiger partial charge is 0.302 e. The number of methoxy groups -OCH3 is 1. The van der Waals surface area contributed by atoms with Crippen molar-refractivity contribution >= 4 is 5.97 Å². The van der Waals surface area contributed by atoms with Gasteiger partial charge in [-0.15, -0.1) is 0 Å². The lowest BCUT2D eigenvalue weighted by atomic mass is 9.47. The zero-order chi connectivity index (χ0) is 23.3. The number of carbonyl (C=O) groups is 1. The normalized spacial score (nSPS) is 44.2. The summed E-state index contributed by atoms with van der Waals surface area (Å²) in [5.41, 5.74) is 1.47. The Labute approximate surface area is 199 Å². The molecule has 5 aliphatic carbocycles. The summed E-state index contributed by atoms with van der Waals surface area (Å²) < 4.78 is 18.7. The maximum absolute atomic E-state index is 11.8. The SMILES string of the molecule is COC1(OC2CC[C@H]3[C@@H]4CC=C5CC(O)CC[C@]5(COC(C)=O)[C@@H]4CC[C@]23C)CCCCC1. The first kappa shape index (κ1) is 23.8. The minimum atomic E-state index is -0.382. The highest BCUT2D eigenvalue weighted by Gasteiger charge is 2.61. The molecule has 5 rings (SSSR count). The van der Waals surface area contributed by atoms with Crippen LogP contribution in [0, 0.1) is 28.6 Å². The van der Waals surface area contributed by atoms with Crippen LogP contribution in [-0.2, 0) is 19.0 Å². The van der Waals surface area contributed by atoms with E-state index < -0.39 is 0 Å². The third-order valence-corrected chi connectivity index (χ3v) is 10.6. The number of carbonyl (C=O) groups excluding carboxylic acids is 1. The Hall–Kier alpha value is -0.910. The highest BCUT2D eigenvalue weighted by atomic mass is 16.7. The van der Waals surface area contributed by atoms with E-state index in [4.69, 9.17) is 14.2 Å². The summed E-state index contributed by atoms with van der Waals surface area (Å²) in [6.07, 6.45) is 16.4. The number of aliphatic hydroxyl groups is 1. The Morgan fingerprint density at radius 3 is 2.58 bits per heavy atom. The summed E-state index contributed by atoms with van der Waals surface area (Å²) in [7, 11) is 1.83. The molecule has 0 radical (unpaired) electrons. The number of esters is 1. The first-order valence-corrected chi connectivity index (χ1v) is 13.6. The van der Waals surface area contributed by atoms with E-state index in [1.54, 1.807) is 0 Å². The van der Waals surface area contributed by atoms with Crippen LogP contribution in [0.3, 0.4) is 0 Å². The molecular weight excluding hydrogens is 416 g/mol. The van der Waals surface area contributed by atoms with Gasteiger partial charge < -0.3 is 19.3 Å². The van der Waals surface area contributed by atoms with Crippen molar-refractivity contribution in [2.45, 2.75) is 115 Å². The van der Waals surface area contributed by atoms with Crippen LogP contribution < -0.4 is 0 Å². The second-order valence-electron chi connectivity index (χ2n) is 12.1. The van der Waals surface area contributed by atoms with Gasteiger partial charge in [-0.3, -0.25) is 4.79 Å². The Morgan fingerprint density at radius 2 is 1.85 bits per heavy atom. The second kappa shape index (κ2) is 8.95. The van der Waals surface area contributed by atoms with Crippen molar-refractivity contribution in [1.82, 2.24) is 0 Å². The molecule has 0 aliphatic heterocycles. The molecule has 0 heterocycles. The number of fused-ring (bicyclic) bond motifs is 5. The molecule has 4 saturated carbocycles. The van der Waals surface area contributed by atoms with Gasteiger partial charge in [-0.25, -0.2) is 0 Å². The largest absolute Gasteiger partial charge is 0.465 e. The molecule has 0 aromatic carbocycles. The minimum Gasteiger partial charge on any atom is -0.465 e. The summed E-state index contributed by atoms with van der Waals surface area (Å²) in [5, 5.41) is 10.4. The van der Waals surface area contributed by atoms with Crippen molar-refractivity contribution in [2.24, 2.45) is 28.6 Å². The minimum absolute atomic E-state index is 0.0782. The molecule has 0 amide bonds. The van der Waals surface area contributed by atoms with Gasteiger partial charge in [0, 0.05) is 32.3 Å². The standard InChI is InChI=1S/C28H44O5/c1-19(29)32-18-27-16-11-21(30)17-20(27)7-8-22-23-9-10-25(26(23,2)15-12-24(22)27)33-28(31-3)13-5-4-6-14-28/h7,21-25,30H,4-6,8-18H2,1-3H3/t21?,22-,23-,24+,25?,26-,27+/m0/s1. The molecule has 0 aromatic rings. The molecule has 1 N–H and O–H groups in total. The zero-order valence-corrected chi connectivity index (χ0v) is 20.9. The van der Waals surface area contributed by atoms with Crippen molar-refractivity contribution in [1.29, 1.82) is 0 Å². The van der Waals surface area contributed by atoms with Crippen LogP contribution >= 0.6 is 0 Å². The topological polar surface area (TPSA) is 65.0 Å². The molecule has 4 fully saturated rings. The molecular formula is C28H44O5. The fraction of sp³-hybridized carbons (Fsp3) is 0.893. The predicted molar refractivity (Wildman–Crippen MR) is 126 cm³/mol. The molecule has 186 valence electrons. The predicted octanol–water partition coefficient (Wildman–Crippen LogP) is 5.55. The van der Waals surface area contributed by atoms with Gasteiger partial charge >= 0.3 is 5.97 Å². The first-order chi connectivity index (χ1) is 15.8. The third-order valence-electron chi connectivity index (χ3n) is 10.6. The molecule has 2 unspecified atom stereocenters. The van der Waals surface area contributed by atoms with Crippen LogP contribution in [0.5, 0.6) is 0 Å². The van der Waals surface area contributed by atoms with Crippen molar-refractivity contribution in [3.8, 4) is 0 Å².